The van der Waals surface area contributed by atoms with Gasteiger partial charge < -0.3 is 5.32 Å². The van der Waals surface area contributed by atoms with Gasteiger partial charge in [0.1, 0.15) is 0 Å². The van der Waals surface area contributed by atoms with Crippen molar-refractivity contribution in [3.63, 3.8) is 0 Å². The molecule has 2 aromatic carbocycles. The van der Waals surface area contributed by atoms with Crippen LogP contribution in [-0.2, 0) is 10.5 Å². The molecule has 1 N–H and O–H groups in total. The minimum absolute atomic E-state index is 0.118. The summed E-state index contributed by atoms with van der Waals surface area (Å²) >= 11 is 3.43. The van der Waals surface area contributed by atoms with Crippen molar-refractivity contribution in [3.05, 3.63) is 65.2 Å². The van der Waals surface area contributed by atoms with Gasteiger partial charge in [-0.3, -0.25) is 4.79 Å². The lowest BCUT2D eigenvalue weighted by molar-refractivity contribution is -0.118. The van der Waals surface area contributed by atoms with Crippen molar-refractivity contribution in [1.29, 1.82) is 0 Å². The molecule has 0 saturated carbocycles. The van der Waals surface area contributed by atoms with Crippen molar-refractivity contribution in [2.45, 2.75) is 24.5 Å². The molecule has 23 heavy (non-hydrogen) atoms. The molecule has 0 atom stereocenters. The fourth-order valence-electron chi connectivity index (χ4n) is 2.11. The number of hydrogen-bond acceptors (Lipinski definition) is 3. The molecule has 122 valence electrons. The Labute approximate surface area is 147 Å². The highest BCUT2D eigenvalue weighted by molar-refractivity contribution is 7.99. The topological polar surface area (TPSA) is 29.1 Å². The minimum atomic E-state index is 0.118. The molecule has 4 heteroatoms. The Morgan fingerprint density at radius 3 is 2.57 bits per heavy atom. The quantitative estimate of drug-likeness (QED) is 0.566. The minimum Gasteiger partial charge on any atom is -0.355 e. The summed E-state index contributed by atoms with van der Waals surface area (Å²) in [5.74, 6) is 2.42. The number of rotatable bonds is 8. The van der Waals surface area contributed by atoms with Crippen molar-refractivity contribution in [2.75, 3.05) is 18.1 Å². The second kappa shape index (κ2) is 9.68. The molecule has 0 heterocycles. The summed E-state index contributed by atoms with van der Waals surface area (Å²) in [5.41, 5.74) is 3.81. The van der Waals surface area contributed by atoms with Crippen LogP contribution in [0.4, 0.5) is 0 Å². The summed E-state index contributed by atoms with van der Waals surface area (Å²) in [4.78, 5) is 13.1. The van der Waals surface area contributed by atoms with Gasteiger partial charge in [-0.15, -0.1) is 23.5 Å². The van der Waals surface area contributed by atoms with E-state index in [1.165, 1.54) is 21.6 Å². The number of aryl methyl sites for hydroxylation is 2. The van der Waals surface area contributed by atoms with Crippen LogP contribution in [0.25, 0.3) is 0 Å². The number of benzene rings is 2. The first-order chi connectivity index (χ1) is 11.1. The van der Waals surface area contributed by atoms with Gasteiger partial charge in [0, 0.05) is 22.9 Å². The van der Waals surface area contributed by atoms with Crippen molar-refractivity contribution in [3.8, 4) is 0 Å². The van der Waals surface area contributed by atoms with E-state index in [1.54, 1.807) is 23.5 Å². The second-order valence-electron chi connectivity index (χ2n) is 5.49. The fraction of sp³-hybridized carbons (Fsp3) is 0.316. The van der Waals surface area contributed by atoms with Crippen LogP contribution in [-0.4, -0.2) is 24.0 Å². The van der Waals surface area contributed by atoms with Gasteiger partial charge in [0.05, 0.1) is 5.75 Å². The Morgan fingerprint density at radius 2 is 1.83 bits per heavy atom. The molecule has 0 aliphatic carbocycles. The summed E-state index contributed by atoms with van der Waals surface area (Å²) < 4.78 is 0. The number of nitrogens with one attached hydrogen (secondary N) is 1. The molecule has 0 fully saturated rings. The van der Waals surface area contributed by atoms with Crippen molar-refractivity contribution >= 4 is 29.4 Å². The van der Waals surface area contributed by atoms with Gasteiger partial charge in [-0.25, -0.2) is 0 Å². The number of carbonyl (C=O) groups is 1. The van der Waals surface area contributed by atoms with E-state index in [2.05, 4.69) is 67.7 Å². The van der Waals surface area contributed by atoms with Crippen LogP contribution in [0.5, 0.6) is 0 Å². The maximum absolute atomic E-state index is 11.8. The van der Waals surface area contributed by atoms with E-state index < -0.39 is 0 Å². The van der Waals surface area contributed by atoms with Crippen LogP contribution in [0.3, 0.4) is 0 Å². The molecular weight excluding hydrogens is 322 g/mol. The Kier molecular flexibility index (Phi) is 7.56. The van der Waals surface area contributed by atoms with Gasteiger partial charge in [0.2, 0.25) is 5.91 Å². The average molecular weight is 346 g/mol. The SMILES string of the molecule is Cc1ccc(SCCNC(=O)CSCc2cccc(C)c2)cc1. The predicted octanol–water partition coefficient (Wildman–Crippen LogP) is 4.45. The van der Waals surface area contributed by atoms with Gasteiger partial charge in [-0.05, 0) is 31.5 Å². The van der Waals surface area contributed by atoms with Crippen LogP contribution >= 0.6 is 23.5 Å². The highest BCUT2D eigenvalue weighted by Crippen LogP contribution is 2.17. The third-order valence-electron chi connectivity index (χ3n) is 3.30. The van der Waals surface area contributed by atoms with E-state index in [1.807, 2.05) is 0 Å². The lowest BCUT2D eigenvalue weighted by atomic mass is 10.2. The zero-order valence-electron chi connectivity index (χ0n) is 13.7. The van der Waals surface area contributed by atoms with E-state index in [0.717, 1.165) is 11.5 Å². The third-order valence-corrected chi connectivity index (χ3v) is 5.32. The van der Waals surface area contributed by atoms with E-state index in [0.29, 0.717) is 12.3 Å². The van der Waals surface area contributed by atoms with Crippen LogP contribution in [0, 0.1) is 13.8 Å². The number of hydrogen-bond donors (Lipinski definition) is 1. The summed E-state index contributed by atoms with van der Waals surface area (Å²) in [6.45, 7) is 4.89. The smallest absolute Gasteiger partial charge is 0.230 e. The highest BCUT2D eigenvalue weighted by atomic mass is 32.2. The molecule has 0 unspecified atom stereocenters. The van der Waals surface area contributed by atoms with E-state index >= 15 is 0 Å². The zero-order chi connectivity index (χ0) is 16.5. The molecule has 0 aliphatic heterocycles. The fourth-order valence-corrected chi connectivity index (χ4v) is 3.68. The van der Waals surface area contributed by atoms with Crippen LogP contribution in [0.15, 0.2) is 53.4 Å². The monoisotopic (exact) mass is 345 g/mol. The van der Waals surface area contributed by atoms with E-state index in [4.69, 9.17) is 0 Å². The van der Waals surface area contributed by atoms with Crippen LogP contribution in [0.1, 0.15) is 16.7 Å². The first kappa shape index (κ1) is 18.0. The van der Waals surface area contributed by atoms with Crippen molar-refractivity contribution in [1.82, 2.24) is 5.32 Å². The highest BCUT2D eigenvalue weighted by Gasteiger charge is 2.02. The normalized spacial score (nSPS) is 10.5. The maximum Gasteiger partial charge on any atom is 0.230 e. The van der Waals surface area contributed by atoms with Crippen LogP contribution in [0.2, 0.25) is 0 Å². The lowest BCUT2D eigenvalue weighted by Crippen LogP contribution is -2.27. The van der Waals surface area contributed by atoms with E-state index in [-0.39, 0.29) is 5.91 Å². The first-order valence-corrected chi connectivity index (χ1v) is 9.87. The number of thioether (sulfide) groups is 2. The summed E-state index contributed by atoms with van der Waals surface area (Å²) in [7, 11) is 0. The standard InChI is InChI=1S/C19H23NOS2/c1-15-6-8-18(9-7-15)23-11-10-20-19(21)14-22-13-17-5-3-4-16(2)12-17/h3-9,12H,10-11,13-14H2,1-2H3,(H,20,21). The van der Waals surface area contributed by atoms with Gasteiger partial charge in [-0.2, -0.15) is 0 Å². The average Bonchev–Trinajstić information content (AvgIpc) is 2.53. The molecule has 2 rings (SSSR count). The largest absolute Gasteiger partial charge is 0.355 e. The molecular formula is C19H23NOS2. The molecule has 0 bridgehead atoms. The van der Waals surface area contributed by atoms with Gasteiger partial charge in [0.15, 0.2) is 0 Å². The maximum atomic E-state index is 11.8. The van der Waals surface area contributed by atoms with Crippen molar-refractivity contribution in [2.24, 2.45) is 0 Å². The Morgan fingerprint density at radius 1 is 1.04 bits per heavy atom. The van der Waals surface area contributed by atoms with Crippen LogP contribution < -0.4 is 5.32 Å². The number of carbonyl (C=O) groups excluding carboxylic acids is 1. The first-order valence-electron chi connectivity index (χ1n) is 7.73. The Balaban J connectivity index is 1.57. The Bertz CT molecular complexity index is 626. The molecule has 0 aromatic heterocycles. The molecule has 1 amide bonds. The van der Waals surface area contributed by atoms with E-state index in [9.17, 15) is 4.79 Å². The second-order valence-corrected chi connectivity index (χ2v) is 7.65. The molecule has 0 spiro atoms. The summed E-state index contributed by atoms with van der Waals surface area (Å²) in [6, 6.07) is 16.9. The Hall–Kier alpha value is -1.39. The predicted molar refractivity (Wildman–Crippen MR) is 102 cm³/mol. The molecule has 2 aromatic rings. The molecule has 0 saturated heterocycles. The van der Waals surface area contributed by atoms with Gasteiger partial charge >= 0.3 is 0 Å². The van der Waals surface area contributed by atoms with Gasteiger partial charge in [-0.1, -0.05) is 47.5 Å². The molecule has 0 radical (unpaired) electrons. The van der Waals surface area contributed by atoms with Gasteiger partial charge in [0.25, 0.3) is 0 Å². The molecule has 0 aliphatic rings. The lowest BCUT2D eigenvalue weighted by Gasteiger charge is -2.06. The van der Waals surface area contributed by atoms with Crippen molar-refractivity contribution < 1.29 is 4.79 Å². The molecule has 2 nitrogen and oxygen atoms in total. The zero-order valence-corrected chi connectivity index (χ0v) is 15.3. The third kappa shape index (κ3) is 7.14. The summed E-state index contributed by atoms with van der Waals surface area (Å²) in [6.07, 6.45) is 0. The number of amides is 1. The summed E-state index contributed by atoms with van der Waals surface area (Å²) in [5, 5.41) is 2.98.